The molecular weight excluding hydrogens is 174 g/mol. The Labute approximate surface area is 77.2 Å². The number of aromatic nitrogens is 2. The summed E-state index contributed by atoms with van der Waals surface area (Å²) in [6.07, 6.45) is 1.44. The van der Waals surface area contributed by atoms with Crippen molar-refractivity contribution in [2.24, 2.45) is 0 Å². The molecule has 0 aromatic carbocycles. The average Bonchev–Trinajstić information content (AvgIpc) is 1.82. The third-order valence-corrected chi connectivity index (χ3v) is 1.34. The second-order valence-corrected chi connectivity index (χ2v) is 3.99. The van der Waals surface area contributed by atoms with Gasteiger partial charge in [0.05, 0.1) is 0 Å². The molecule has 0 radical (unpaired) electrons. The van der Waals surface area contributed by atoms with Gasteiger partial charge in [0, 0.05) is 11.6 Å². The topological polar surface area (TPSA) is 37.8 Å². The van der Waals surface area contributed by atoms with E-state index in [1.165, 1.54) is 6.33 Å². The SMILES string of the molecule is CC(C)(C)Nc1cc(Cl)ncn1. The van der Waals surface area contributed by atoms with Gasteiger partial charge in [-0.05, 0) is 20.8 Å². The van der Waals surface area contributed by atoms with Crippen LogP contribution in [0.15, 0.2) is 12.4 Å². The molecule has 3 nitrogen and oxygen atoms in total. The van der Waals surface area contributed by atoms with Crippen LogP contribution in [0, 0.1) is 0 Å². The van der Waals surface area contributed by atoms with E-state index in [2.05, 4.69) is 36.1 Å². The summed E-state index contributed by atoms with van der Waals surface area (Å²) in [4.78, 5) is 7.80. The van der Waals surface area contributed by atoms with Gasteiger partial charge in [0.2, 0.25) is 0 Å². The minimum Gasteiger partial charge on any atom is -0.365 e. The molecule has 4 heteroatoms. The lowest BCUT2D eigenvalue weighted by Gasteiger charge is -2.20. The summed E-state index contributed by atoms with van der Waals surface area (Å²) < 4.78 is 0. The number of halogens is 1. The number of hydrogen-bond acceptors (Lipinski definition) is 3. The normalized spacial score (nSPS) is 11.3. The first-order valence-corrected chi connectivity index (χ1v) is 4.11. The van der Waals surface area contributed by atoms with Crippen molar-refractivity contribution >= 4 is 17.4 Å². The Bertz CT molecular complexity index is 267. The number of anilines is 1. The van der Waals surface area contributed by atoms with Crippen molar-refractivity contribution in [3.8, 4) is 0 Å². The van der Waals surface area contributed by atoms with Crippen molar-refractivity contribution < 1.29 is 0 Å². The maximum atomic E-state index is 5.68. The molecular formula is C8H12ClN3. The van der Waals surface area contributed by atoms with E-state index in [4.69, 9.17) is 11.6 Å². The lowest BCUT2D eigenvalue weighted by molar-refractivity contribution is 0.630. The van der Waals surface area contributed by atoms with Crippen LogP contribution in [-0.2, 0) is 0 Å². The molecule has 0 unspecified atom stereocenters. The molecule has 0 saturated carbocycles. The largest absolute Gasteiger partial charge is 0.365 e. The van der Waals surface area contributed by atoms with Crippen LogP contribution in [0.5, 0.6) is 0 Å². The summed E-state index contributed by atoms with van der Waals surface area (Å²) in [5.74, 6) is 0.752. The van der Waals surface area contributed by atoms with E-state index in [1.54, 1.807) is 6.07 Å². The third-order valence-electron chi connectivity index (χ3n) is 1.14. The molecule has 1 aromatic rings. The molecule has 1 N–H and O–H groups in total. The van der Waals surface area contributed by atoms with Gasteiger partial charge in [-0.3, -0.25) is 0 Å². The molecule has 0 aliphatic rings. The van der Waals surface area contributed by atoms with E-state index in [0.717, 1.165) is 5.82 Å². The van der Waals surface area contributed by atoms with E-state index < -0.39 is 0 Å². The predicted molar refractivity (Wildman–Crippen MR) is 50.4 cm³/mol. The van der Waals surface area contributed by atoms with Crippen LogP contribution < -0.4 is 5.32 Å². The molecule has 12 heavy (non-hydrogen) atoms. The predicted octanol–water partition coefficient (Wildman–Crippen LogP) is 2.34. The fourth-order valence-corrected chi connectivity index (χ4v) is 0.933. The van der Waals surface area contributed by atoms with E-state index in [9.17, 15) is 0 Å². The number of rotatable bonds is 1. The lowest BCUT2D eigenvalue weighted by Crippen LogP contribution is -2.26. The first kappa shape index (κ1) is 9.26. The van der Waals surface area contributed by atoms with Crippen molar-refractivity contribution in [2.45, 2.75) is 26.3 Å². The Morgan fingerprint density at radius 3 is 2.50 bits per heavy atom. The average molecular weight is 186 g/mol. The minimum absolute atomic E-state index is 0.00230. The summed E-state index contributed by atoms with van der Waals surface area (Å²) in [5.41, 5.74) is -0.00230. The highest BCUT2D eigenvalue weighted by Gasteiger charge is 2.09. The van der Waals surface area contributed by atoms with E-state index in [1.807, 2.05) is 0 Å². The highest BCUT2D eigenvalue weighted by Crippen LogP contribution is 2.13. The maximum Gasteiger partial charge on any atom is 0.134 e. The van der Waals surface area contributed by atoms with Gasteiger partial charge in [-0.2, -0.15) is 0 Å². The Balaban J connectivity index is 2.77. The Hall–Kier alpha value is -0.830. The van der Waals surface area contributed by atoms with Crippen LogP contribution >= 0.6 is 11.6 Å². The van der Waals surface area contributed by atoms with Gasteiger partial charge in [-0.25, -0.2) is 9.97 Å². The molecule has 0 saturated heterocycles. The number of nitrogens with zero attached hydrogens (tertiary/aromatic N) is 2. The first-order valence-electron chi connectivity index (χ1n) is 3.73. The molecule has 0 aliphatic heterocycles. The minimum atomic E-state index is -0.00230. The Morgan fingerprint density at radius 1 is 1.33 bits per heavy atom. The summed E-state index contributed by atoms with van der Waals surface area (Å²) in [6.45, 7) is 6.18. The highest BCUT2D eigenvalue weighted by molar-refractivity contribution is 6.29. The van der Waals surface area contributed by atoms with E-state index in [-0.39, 0.29) is 5.54 Å². The van der Waals surface area contributed by atoms with Crippen LogP contribution in [0.1, 0.15) is 20.8 Å². The molecule has 0 atom stereocenters. The molecule has 0 bridgehead atoms. The zero-order valence-corrected chi connectivity index (χ0v) is 8.18. The summed E-state index contributed by atoms with van der Waals surface area (Å²) >= 11 is 5.68. The van der Waals surface area contributed by atoms with Gasteiger partial charge in [0.15, 0.2) is 0 Å². The smallest absolute Gasteiger partial charge is 0.134 e. The van der Waals surface area contributed by atoms with Crippen LogP contribution in [0.2, 0.25) is 5.15 Å². The van der Waals surface area contributed by atoms with E-state index >= 15 is 0 Å². The second kappa shape index (κ2) is 3.27. The van der Waals surface area contributed by atoms with Crippen molar-refractivity contribution in [3.05, 3.63) is 17.5 Å². The van der Waals surface area contributed by atoms with Crippen LogP contribution in [0.4, 0.5) is 5.82 Å². The van der Waals surface area contributed by atoms with E-state index in [0.29, 0.717) is 5.15 Å². The quantitative estimate of drug-likeness (QED) is 0.683. The third kappa shape index (κ3) is 3.05. The standard InChI is InChI=1S/C8H12ClN3/c1-8(2,3)12-7-4-6(9)10-5-11-7/h4-5H,1-3H3,(H,10,11,12). The van der Waals surface area contributed by atoms with Crippen molar-refractivity contribution in [1.29, 1.82) is 0 Å². The van der Waals surface area contributed by atoms with Gasteiger partial charge < -0.3 is 5.32 Å². The summed E-state index contributed by atoms with van der Waals surface area (Å²) in [6, 6.07) is 1.70. The number of hydrogen-bond donors (Lipinski definition) is 1. The Kier molecular flexibility index (Phi) is 2.52. The van der Waals surface area contributed by atoms with Crippen LogP contribution in [0.3, 0.4) is 0 Å². The van der Waals surface area contributed by atoms with Crippen molar-refractivity contribution in [2.75, 3.05) is 5.32 Å². The molecule has 1 rings (SSSR count). The van der Waals surface area contributed by atoms with Crippen LogP contribution in [0.25, 0.3) is 0 Å². The van der Waals surface area contributed by atoms with Gasteiger partial charge >= 0.3 is 0 Å². The lowest BCUT2D eigenvalue weighted by atomic mass is 10.1. The molecule has 0 spiro atoms. The zero-order valence-electron chi connectivity index (χ0n) is 7.43. The summed E-state index contributed by atoms with van der Waals surface area (Å²) in [7, 11) is 0. The maximum absolute atomic E-state index is 5.68. The molecule has 1 aromatic heterocycles. The van der Waals surface area contributed by atoms with Gasteiger partial charge in [0.25, 0.3) is 0 Å². The molecule has 0 aliphatic carbocycles. The Morgan fingerprint density at radius 2 is 2.00 bits per heavy atom. The van der Waals surface area contributed by atoms with Crippen molar-refractivity contribution in [1.82, 2.24) is 9.97 Å². The highest BCUT2D eigenvalue weighted by atomic mass is 35.5. The zero-order chi connectivity index (χ0) is 9.19. The van der Waals surface area contributed by atoms with Gasteiger partial charge in [0.1, 0.15) is 17.3 Å². The first-order chi connectivity index (χ1) is 5.47. The molecule has 0 fully saturated rings. The van der Waals surface area contributed by atoms with Crippen molar-refractivity contribution in [3.63, 3.8) is 0 Å². The van der Waals surface area contributed by atoms with Crippen LogP contribution in [-0.4, -0.2) is 15.5 Å². The summed E-state index contributed by atoms with van der Waals surface area (Å²) in [5, 5.41) is 3.64. The molecule has 0 amide bonds. The van der Waals surface area contributed by atoms with Gasteiger partial charge in [-0.15, -0.1) is 0 Å². The number of nitrogens with one attached hydrogen (secondary N) is 1. The second-order valence-electron chi connectivity index (χ2n) is 3.60. The fourth-order valence-electron chi connectivity index (χ4n) is 0.786. The fraction of sp³-hybridized carbons (Fsp3) is 0.500. The molecule has 66 valence electrons. The van der Waals surface area contributed by atoms with Gasteiger partial charge in [-0.1, -0.05) is 11.6 Å². The molecule has 1 heterocycles. The monoisotopic (exact) mass is 185 g/mol.